The first-order valence-electron chi connectivity index (χ1n) is 4.40. The quantitative estimate of drug-likeness (QED) is 0.746. The average molecular weight is 200 g/mol. The summed E-state index contributed by atoms with van der Waals surface area (Å²) in [5.41, 5.74) is 0. The molecule has 0 amide bonds. The zero-order chi connectivity index (χ0) is 10.1. The highest BCUT2D eigenvalue weighted by Crippen LogP contribution is 2.31. The number of hydrogen-bond acceptors (Lipinski definition) is 2. The summed E-state index contributed by atoms with van der Waals surface area (Å²) in [4.78, 5) is 0. The minimum Gasteiger partial charge on any atom is -0.494 e. The molecule has 1 saturated carbocycles. The molecule has 0 atom stereocenters. The predicted molar refractivity (Wildman–Crippen MR) is 46.6 cm³/mol. The van der Waals surface area contributed by atoms with Gasteiger partial charge in [-0.15, -0.1) is 0 Å². The molecule has 0 saturated heterocycles. The van der Waals surface area contributed by atoms with E-state index in [-0.39, 0.29) is 17.6 Å². The maximum atomic E-state index is 13.2. The van der Waals surface area contributed by atoms with Gasteiger partial charge in [-0.05, 0) is 12.8 Å². The summed E-state index contributed by atoms with van der Waals surface area (Å²) < 4.78 is 36.2. The van der Waals surface area contributed by atoms with Gasteiger partial charge in [-0.1, -0.05) is 0 Å². The molecule has 0 bridgehead atoms. The zero-order valence-electron chi connectivity index (χ0n) is 7.72. The lowest BCUT2D eigenvalue weighted by molar-refractivity contribution is 0.283. The third-order valence-corrected chi connectivity index (χ3v) is 2.02. The van der Waals surface area contributed by atoms with Crippen LogP contribution in [-0.4, -0.2) is 13.2 Å². The molecule has 1 aromatic rings. The Labute approximate surface area is 80.4 Å². The molecule has 14 heavy (non-hydrogen) atoms. The van der Waals surface area contributed by atoms with Crippen molar-refractivity contribution in [2.45, 2.75) is 18.9 Å². The lowest BCUT2D eigenvalue weighted by Crippen LogP contribution is -2.00. The van der Waals surface area contributed by atoms with Crippen molar-refractivity contribution in [1.82, 2.24) is 0 Å². The van der Waals surface area contributed by atoms with E-state index < -0.39 is 11.6 Å². The third-order valence-electron chi connectivity index (χ3n) is 2.02. The Bertz CT molecular complexity index is 348. The van der Waals surface area contributed by atoms with Crippen LogP contribution in [0.1, 0.15) is 12.8 Å². The van der Waals surface area contributed by atoms with Gasteiger partial charge in [0.2, 0.25) is 0 Å². The molecule has 0 heterocycles. The number of benzene rings is 1. The molecule has 0 spiro atoms. The van der Waals surface area contributed by atoms with Crippen LogP contribution in [0, 0.1) is 11.6 Å². The van der Waals surface area contributed by atoms with Crippen molar-refractivity contribution in [1.29, 1.82) is 0 Å². The summed E-state index contributed by atoms with van der Waals surface area (Å²) in [6.07, 6.45) is 1.87. The second kappa shape index (κ2) is 3.44. The molecule has 2 rings (SSSR count). The lowest BCUT2D eigenvalue weighted by Gasteiger charge is -2.08. The van der Waals surface area contributed by atoms with Gasteiger partial charge in [-0.2, -0.15) is 0 Å². The van der Waals surface area contributed by atoms with Crippen molar-refractivity contribution in [2.24, 2.45) is 0 Å². The molecule has 76 valence electrons. The fraction of sp³-hybridized carbons (Fsp3) is 0.400. The second-order valence-electron chi connectivity index (χ2n) is 3.23. The third kappa shape index (κ3) is 1.78. The standard InChI is InChI=1S/C10H10F2O2/c1-13-9-4-8(12)10(5-7(9)11)14-6-2-3-6/h4-6H,2-3H2,1H3. The van der Waals surface area contributed by atoms with Crippen LogP contribution in [0.25, 0.3) is 0 Å². The average Bonchev–Trinajstić information content (AvgIpc) is 2.94. The minimum absolute atomic E-state index is 0.0363. The molecule has 1 aliphatic rings. The number of ether oxygens (including phenoxy) is 2. The highest BCUT2D eigenvalue weighted by Gasteiger charge is 2.25. The van der Waals surface area contributed by atoms with Gasteiger partial charge in [-0.25, -0.2) is 8.78 Å². The fourth-order valence-electron chi connectivity index (χ4n) is 1.12. The fourth-order valence-corrected chi connectivity index (χ4v) is 1.12. The lowest BCUT2D eigenvalue weighted by atomic mass is 10.3. The number of hydrogen-bond donors (Lipinski definition) is 0. The molecule has 1 aromatic carbocycles. The van der Waals surface area contributed by atoms with Gasteiger partial charge in [0.25, 0.3) is 0 Å². The van der Waals surface area contributed by atoms with Crippen LogP contribution in [0.15, 0.2) is 12.1 Å². The van der Waals surface area contributed by atoms with Crippen molar-refractivity contribution in [3.05, 3.63) is 23.8 Å². The van der Waals surface area contributed by atoms with E-state index in [9.17, 15) is 8.78 Å². The molecule has 0 radical (unpaired) electrons. The van der Waals surface area contributed by atoms with Crippen LogP contribution in [-0.2, 0) is 0 Å². The molecule has 0 N–H and O–H groups in total. The molecule has 1 fully saturated rings. The molecular formula is C10H10F2O2. The van der Waals surface area contributed by atoms with Gasteiger partial charge in [0.05, 0.1) is 13.2 Å². The largest absolute Gasteiger partial charge is 0.494 e. The first-order valence-corrected chi connectivity index (χ1v) is 4.40. The Balaban J connectivity index is 2.26. The van der Waals surface area contributed by atoms with E-state index in [1.807, 2.05) is 0 Å². The smallest absolute Gasteiger partial charge is 0.168 e. The zero-order valence-corrected chi connectivity index (χ0v) is 7.72. The normalized spacial score (nSPS) is 15.4. The predicted octanol–water partition coefficient (Wildman–Crippen LogP) is 2.51. The molecular weight excluding hydrogens is 190 g/mol. The van der Waals surface area contributed by atoms with Crippen LogP contribution in [0.3, 0.4) is 0 Å². The summed E-state index contributed by atoms with van der Waals surface area (Å²) in [5.74, 6) is -1.34. The Morgan fingerprint density at radius 1 is 1.14 bits per heavy atom. The van der Waals surface area contributed by atoms with Crippen LogP contribution in [0.4, 0.5) is 8.78 Å². The summed E-state index contributed by atoms with van der Waals surface area (Å²) in [6, 6.07) is 2.01. The van der Waals surface area contributed by atoms with Gasteiger partial charge >= 0.3 is 0 Å². The molecule has 2 nitrogen and oxygen atoms in total. The number of halogens is 2. The van der Waals surface area contributed by atoms with E-state index in [0.29, 0.717) is 0 Å². The highest BCUT2D eigenvalue weighted by atomic mass is 19.1. The van der Waals surface area contributed by atoms with Crippen LogP contribution < -0.4 is 9.47 Å². The molecule has 4 heteroatoms. The topological polar surface area (TPSA) is 18.5 Å². The summed E-state index contributed by atoms with van der Waals surface area (Å²) in [7, 11) is 1.29. The Hall–Kier alpha value is -1.32. The first kappa shape index (κ1) is 9.24. The van der Waals surface area contributed by atoms with Gasteiger partial charge in [0.15, 0.2) is 23.1 Å². The van der Waals surface area contributed by atoms with E-state index in [1.165, 1.54) is 7.11 Å². The van der Waals surface area contributed by atoms with Gasteiger partial charge in [-0.3, -0.25) is 0 Å². The number of methoxy groups -OCH3 is 1. The maximum Gasteiger partial charge on any atom is 0.168 e. The second-order valence-corrected chi connectivity index (χ2v) is 3.23. The summed E-state index contributed by atoms with van der Waals surface area (Å²) >= 11 is 0. The van der Waals surface area contributed by atoms with E-state index in [2.05, 4.69) is 4.74 Å². The minimum atomic E-state index is -0.607. The molecule has 0 aromatic heterocycles. The maximum absolute atomic E-state index is 13.2. The van der Waals surface area contributed by atoms with Crippen molar-refractivity contribution in [3.8, 4) is 11.5 Å². The SMILES string of the molecule is COc1cc(F)c(OC2CC2)cc1F. The van der Waals surface area contributed by atoms with Crippen LogP contribution in [0.5, 0.6) is 11.5 Å². The van der Waals surface area contributed by atoms with Crippen LogP contribution in [0.2, 0.25) is 0 Å². The summed E-state index contributed by atoms with van der Waals surface area (Å²) in [5, 5.41) is 0. The Morgan fingerprint density at radius 3 is 2.29 bits per heavy atom. The van der Waals surface area contributed by atoms with Crippen molar-refractivity contribution in [2.75, 3.05) is 7.11 Å². The number of rotatable bonds is 3. The molecule has 1 aliphatic carbocycles. The molecule has 0 aliphatic heterocycles. The van der Waals surface area contributed by atoms with E-state index in [4.69, 9.17) is 4.74 Å². The van der Waals surface area contributed by atoms with Crippen molar-refractivity contribution < 1.29 is 18.3 Å². The van der Waals surface area contributed by atoms with Crippen LogP contribution >= 0.6 is 0 Å². The van der Waals surface area contributed by atoms with Crippen molar-refractivity contribution >= 4 is 0 Å². The first-order chi connectivity index (χ1) is 6.70. The Morgan fingerprint density at radius 2 is 1.71 bits per heavy atom. The van der Waals surface area contributed by atoms with Gasteiger partial charge < -0.3 is 9.47 Å². The highest BCUT2D eigenvalue weighted by molar-refractivity contribution is 5.35. The van der Waals surface area contributed by atoms with Gasteiger partial charge in [0, 0.05) is 12.1 Å². The van der Waals surface area contributed by atoms with Gasteiger partial charge in [0.1, 0.15) is 0 Å². The van der Waals surface area contributed by atoms with Crippen molar-refractivity contribution in [3.63, 3.8) is 0 Å². The van der Waals surface area contributed by atoms with E-state index >= 15 is 0 Å². The summed E-state index contributed by atoms with van der Waals surface area (Å²) in [6.45, 7) is 0. The van der Waals surface area contributed by atoms with E-state index in [1.54, 1.807) is 0 Å². The molecule has 0 unspecified atom stereocenters. The Kier molecular flexibility index (Phi) is 2.27. The van der Waals surface area contributed by atoms with E-state index in [0.717, 1.165) is 25.0 Å². The monoisotopic (exact) mass is 200 g/mol.